The highest BCUT2D eigenvalue weighted by Crippen LogP contribution is 2.37. The minimum atomic E-state index is -0.604. The number of hydrogen-bond acceptors (Lipinski definition) is 8. The van der Waals surface area contributed by atoms with E-state index in [-0.39, 0.29) is 22.8 Å². The third-order valence-corrected chi connectivity index (χ3v) is 4.15. The Morgan fingerprint density at radius 3 is 2.48 bits per heavy atom. The van der Waals surface area contributed by atoms with Gasteiger partial charge >= 0.3 is 0 Å². The van der Waals surface area contributed by atoms with E-state index in [1.165, 1.54) is 43.8 Å². The maximum Gasteiger partial charge on any atom is 0.268 e. The zero-order valence-electron chi connectivity index (χ0n) is 13.9. The first-order chi connectivity index (χ1) is 12.0. The number of hydrogen-bond donors (Lipinski definition) is 2. The fourth-order valence-electron chi connectivity index (χ4n) is 1.92. The van der Waals surface area contributed by atoms with Gasteiger partial charge in [0, 0.05) is 0 Å². The summed E-state index contributed by atoms with van der Waals surface area (Å²) in [5, 5.41) is 30.6. The second-order valence-corrected chi connectivity index (χ2v) is 5.81. The van der Waals surface area contributed by atoms with E-state index in [0.717, 1.165) is 5.01 Å². The Bertz CT molecular complexity index is 829. The Hall–Kier alpha value is -3.12. The van der Waals surface area contributed by atoms with Crippen LogP contribution in [-0.2, 0) is 11.2 Å². The molecule has 2 rings (SSSR count). The normalized spacial score (nSPS) is 10.9. The number of methoxy groups -OCH3 is 2. The largest absolute Gasteiger partial charge is 0.502 e. The Kier molecular flexibility index (Phi) is 5.92. The van der Waals surface area contributed by atoms with Gasteiger partial charge in [0.15, 0.2) is 11.5 Å². The van der Waals surface area contributed by atoms with Crippen molar-refractivity contribution in [3.8, 4) is 23.3 Å². The average Bonchev–Trinajstić information content (AvgIpc) is 3.07. The number of nitrogens with zero attached hydrogens (tertiary/aromatic N) is 3. The van der Waals surface area contributed by atoms with Crippen LogP contribution in [0.15, 0.2) is 17.7 Å². The molecule has 2 N–H and O–H groups in total. The lowest BCUT2D eigenvalue weighted by molar-refractivity contribution is -0.112. The highest BCUT2D eigenvalue weighted by molar-refractivity contribution is 7.15. The molecule has 1 amide bonds. The van der Waals surface area contributed by atoms with Crippen LogP contribution in [0.4, 0.5) is 5.13 Å². The number of nitriles is 1. The standard InChI is InChI=1S/C16H16N4O4S/c1-4-13-19-20-16(25-13)18-15(22)10(8-17)5-9-6-11(23-2)14(21)12(7-9)24-3/h5-7,21H,4H2,1-3H3,(H,18,20,22). The van der Waals surface area contributed by atoms with Gasteiger partial charge in [-0.3, -0.25) is 10.1 Å². The van der Waals surface area contributed by atoms with Crippen molar-refractivity contribution >= 4 is 28.5 Å². The number of carbonyl (C=O) groups excluding carboxylic acids is 1. The third-order valence-electron chi connectivity index (χ3n) is 3.17. The van der Waals surface area contributed by atoms with Crippen molar-refractivity contribution in [2.24, 2.45) is 0 Å². The summed E-state index contributed by atoms with van der Waals surface area (Å²) in [6, 6.07) is 4.82. The summed E-state index contributed by atoms with van der Waals surface area (Å²) in [6.45, 7) is 1.93. The number of carbonyl (C=O) groups is 1. The van der Waals surface area contributed by atoms with Gasteiger partial charge in [0.2, 0.25) is 10.9 Å². The highest BCUT2D eigenvalue weighted by atomic mass is 32.1. The summed E-state index contributed by atoms with van der Waals surface area (Å²) in [4.78, 5) is 12.2. The molecule has 1 aromatic carbocycles. The number of ether oxygens (including phenoxy) is 2. The summed E-state index contributed by atoms with van der Waals surface area (Å²) in [5.74, 6) is -0.432. The molecule has 0 aliphatic carbocycles. The number of phenols is 1. The summed E-state index contributed by atoms with van der Waals surface area (Å²) < 4.78 is 10.1. The number of nitrogens with one attached hydrogen (secondary N) is 1. The Balaban J connectivity index is 2.30. The van der Waals surface area contributed by atoms with Crippen LogP contribution >= 0.6 is 11.3 Å². The molecule has 1 aromatic heterocycles. The molecular weight excluding hydrogens is 344 g/mol. The van der Waals surface area contributed by atoms with Crippen LogP contribution in [0.3, 0.4) is 0 Å². The van der Waals surface area contributed by atoms with Crippen molar-refractivity contribution in [1.29, 1.82) is 5.26 Å². The number of aromatic nitrogens is 2. The van der Waals surface area contributed by atoms with E-state index in [1.807, 2.05) is 13.0 Å². The SMILES string of the molecule is CCc1nnc(NC(=O)C(C#N)=Cc2cc(OC)c(O)c(OC)c2)s1. The van der Waals surface area contributed by atoms with E-state index >= 15 is 0 Å². The van der Waals surface area contributed by atoms with Crippen LogP contribution in [0.5, 0.6) is 17.2 Å². The molecule has 0 fully saturated rings. The number of aromatic hydroxyl groups is 1. The van der Waals surface area contributed by atoms with Crippen LogP contribution in [0.25, 0.3) is 6.08 Å². The first-order valence-electron chi connectivity index (χ1n) is 7.22. The third kappa shape index (κ3) is 4.24. The Labute approximate surface area is 148 Å². The highest BCUT2D eigenvalue weighted by Gasteiger charge is 2.15. The second kappa shape index (κ2) is 8.12. The topological polar surface area (TPSA) is 117 Å². The molecule has 0 aliphatic rings. The number of benzene rings is 1. The van der Waals surface area contributed by atoms with Gasteiger partial charge in [0.25, 0.3) is 5.91 Å². The summed E-state index contributed by atoms with van der Waals surface area (Å²) >= 11 is 1.25. The predicted molar refractivity (Wildman–Crippen MR) is 92.7 cm³/mol. The lowest BCUT2D eigenvalue weighted by Gasteiger charge is -2.09. The molecule has 1 heterocycles. The maximum atomic E-state index is 12.2. The second-order valence-electron chi connectivity index (χ2n) is 4.75. The van der Waals surface area contributed by atoms with E-state index in [9.17, 15) is 15.2 Å². The molecule has 25 heavy (non-hydrogen) atoms. The first kappa shape index (κ1) is 18.2. The quantitative estimate of drug-likeness (QED) is 0.600. The van der Waals surface area contributed by atoms with Crippen LogP contribution in [-0.4, -0.2) is 35.4 Å². The molecule has 0 radical (unpaired) electrons. The van der Waals surface area contributed by atoms with Crippen LogP contribution in [0, 0.1) is 11.3 Å². The molecule has 0 unspecified atom stereocenters. The van der Waals surface area contributed by atoms with E-state index in [1.54, 1.807) is 0 Å². The predicted octanol–water partition coefficient (Wildman–Crippen LogP) is 2.37. The minimum Gasteiger partial charge on any atom is -0.502 e. The summed E-state index contributed by atoms with van der Waals surface area (Å²) in [7, 11) is 2.78. The van der Waals surface area contributed by atoms with E-state index in [0.29, 0.717) is 17.1 Å². The fraction of sp³-hybridized carbons (Fsp3) is 0.250. The average molecular weight is 360 g/mol. The molecule has 2 aromatic rings. The number of rotatable bonds is 6. The van der Waals surface area contributed by atoms with Gasteiger partial charge in [-0.15, -0.1) is 10.2 Å². The van der Waals surface area contributed by atoms with Gasteiger partial charge in [-0.2, -0.15) is 5.26 Å². The van der Waals surface area contributed by atoms with E-state index in [2.05, 4.69) is 15.5 Å². The van der Waals surface area contributed by atoms with Gasteiger partial charge in [0.1, 0.15) is 16.6 Å². The van der Waals surface area contributed by atoms with Gasteiger partial charge in [-0.05, 0) is 30.2 Å². The van der Waals surface area contributed by atoms with Gasteiger partial charge in [0.05, 0.1) is 14.2 Å². The fourth-order valence-corrected chi connectivity index (χ4v) is 2.60. The van der Waals surface area contributed by atoms with Gasteiger partial charge in [-0.25, -0.2) is 0 Å². The number of aryl methyl sites for hydroxylation is 1. The van der Waals surface area contributed by atoms with Crippen molar-refractivity contribution in [2.45, 2.75) is 13.3 Å². The van der Waals surface area contributed by atoms with Gasteiger partial charge < -0.3 is 14.6 Å². The van der Waals surface area contributed by atoms with Crippen LogP contribution in [0.1, 0.15) is 17.5 Å². The first-order valence-corrected chi connectivity index (χ1v) is 8.04. The minimum absolute atomic E-state index is 0.136. The zero-order valence-corrected chi connectivity index (χ0v) is 14.7. The van der Waals surface area contributed by atoms with Crippen molar-refractivity contribution in [2.75, 3.05) is 19.5 Å². The molecule has 0 atom stereocenters. The van der Waals surface area contributed by atoms with Crippen molar-refractivity contribution in [3.63, 3.8) is 0 Å². The van der Waals surface area contributed by atoms with Crippen LogP contribution in [0.2, 0.25) is 0 Å². The molecule has 9 heteroatoms. The molecule has 0 spiro atoms. The molecule has 0 saturated carbocycles. The lowest BCUT2D eigenvalue weighted by Crippen LogP contribution is -2.13. The summed E-state index contributed by atoms with van der Waals surface area (Å²) in [5.41, 5.74) is 0.327. The molecule has 130 valence electrons. The van der Waals surface area contributed by atoms with Crippen LogP contribution < -0.4 is 14.8 Å². The molecule has 0 saturated heterocycles. The summed E-state index contributed by atoms with van der Waals surface area (Å²) in [6.07, 6.45) is 2.07. The molecular formula is C16H16N4O4S. The molecule has 0 bridgehead atoms. The number of amides is 1. The maximum absolute atomic E-state index is 12.2. The smallest absolute Gasteiger partial charge is 0.268 e. The molecule has 8 nitrogen and oxygen atoms in total. The number of anilines is 1. The van der Waals surface area contributed by atoms with Gasteiger partial charge in [-0.1, -0.05) is 18.3 Å². The Morgan fingerprint density at radius 1 is 1.36 bits per heavy atom. The monoisotopic (exact) mass is 360 g/mol. The van der Waals surface area contributed by atoms with E-state index < -0.39 is 5.91 Å². The van der Waals surface area contributed by atoms with E-state index in [4.69, 9.17) is 9.47 Å². The van der Waals surface area contributed by atoms with Crippen molar-refractivity contribution in [3.05, 3.63) is 28.3 Å². The van der Waals surface area contributed by atoms with Crippen molar-refractivity contribution < 1.29 is 19.4 Å². The Morgan fingerprint density at radius 2 is 2.00 bits per heavy atom. The zero-order chi connectivity index (χ0) is 18.4. The van der Waals surface area contributed by atoms with Crippen molar-refractivity contribution in [1.82, 2.24) is 10.2 Å². The number of phenolic OH excluding ortho intramolecular Hbond substituents is 1. The lowest BCUT2D eigenvalue weighted by atomic mass is 10.1. The molecule has 0 aliphatic heterocycles.